The zero-order chi connectivity index (χ0) is 19.3. The van der Waals surface area contributed by atoms with E-state index in [9.17, 15) is 4.79 Å². The number of anilines is 1. The van der Waals surface area contributed by atoms with Crippen LogP contribution in [-0.2, 0) is 11.3 Å². The second-order valence-corrected chi connectivity index (χ2v) is 7.03. The summed E-state index contributed by atoms with van der Waals surface area (Å²) >= 11 is 0. The normalized spacial score (nSPS) is 15.4. The molecule has 3 N–H and O–H groups in total. The van der Waals surface area contributed by atoms with E-state index in [1.54, 1.807) is 11.6 Å². The minimum Gasteiger partial charge on any atom is -0.368 e. The number of amides is 1. The molecule has 1 fully saturated rings. The number of carbonyl (C=O) groups excluding carboxylic acids is 1. The number of para-hydroxylation sites is 1. The summed E-state index contributed by atoms with van der Waals surface area (Å²) in [4.78, 5) is 19.3. The van der Waals surface area contributed by atoms with Crippen LogP contribution in [0.1, 0.15) is 11.1 Å². The highest BCUT2D eigenvalue weighted by atomic mass is 16.5. The van der Waals surface area contributed by atoms with Gasteiger partial charge < -0.3 is 9.88 Å². The minimum atomic E-state index is -0.529. The van der Waals surface area contributed by atoms with Gasteiger partial charge in [-0.1, -0.05) is 24.3 Å². The SMILES string of the molecule is O=C(C=Cc1ccccc1N1CCN(Cc2ccc3[nH]ccc3c2)CC1)NO. The average Bonchev–Trinajstić information content (AvgIpc) is 3.21. The fourth-order valence-electron chi connectivity index (χ4n) is 3.73. The van der Waals surface area contributed by atoms with E-state index >= 15 is 0 Å². The van der Waals surface area contributed by atoms with Crippen molar-refractivity contribution in [1.29, 1.82) is 0 Å². The van der Waals surface area contributed by atoms with Crippen LogP contribution in [0.2, 0.25) is 0 Å². The van der Waals surface area contributed by atoms with E-state index in [1.807, 2.05) is 24.4 Å². The second-order valence-electron chi connectivity index (χ2n) is 7.03. The smallest absolute Gasteiger partial charge is 0.267 e. The molecule has 28 heavy (non-hydrogen) atoms. The number of carbonyl (C=O) groups is 1. The van der Waals surface area contributed by atoms with Gasteiger partial charge >= 0.3 is 0 Å². The van der Waals surface area contributed by atoms with Crippen molar-refractivity contribution in [3.05, 3.63) is 71.9 Å². The predicted molar refractivity (Wildman–Crippen MR) is 111 cm³/mol. The van der Waals surface area contributed by atoms with Gasteiger partial charge in [-0.2, -0.15) is 0 Å². The van der Waals surface area contributed by atoms with Crippen LogP contribution in [0.3, 0.4) is 0 Å². The first kappa shape index (κ1) is 18.3. The molecule has 0 aliphatic carbocycles. The Kier molecular flexibility index (Phi) is 5.41. The van der Waals surface area contributed by atoms with Gasteiger partial charge in [-0.15, -0.1) is 0 Å². The van der Waals surface area contributed by atoms with Crippen molar-refractivity contribution in [3.8, 4) is 0 Å². The van der Waals surface area contributed by atoms with E-state index in [-0.39, 0.29) is 0 Å². The van der Waals surface area contributed by atoms with Crippen molar-refractivity contribution in [1.82, 2.24) is 15.4 Å². The molecule has 0 spiro atoms. The van der Waals surface area contributed by atoms with Crippen molar-refractivity contribution in [2.45, 2.75) is 6.54 Å². The summed E-state index contributed by atoms with van der Waals surface area (Å²) in [5.74, 6) is -0.529. The monoisotopic (exact) mass is 376 g/mol. The Labute approximate surface area is 164 Å². The number of rotatable bonds is 5. The molecule has 0 atom stereocenters. The van der Waals surface area contributed by atoms with E-state index in [1.165, 1.54) is 22.5 Å². The maximum Gasteiger partial charge on any atom is 0.267 e. The molecule has 2 aromatic carbocycles. The number of nitrogens with zero attached hydrogens (tertiary/aromatic N) is 2. The first-order valence-corrected chi connectivity index (χ1v) is 9.47. The molecule has 1 aromatic heterocycles. The zero-order valence-corrected chi connectivity index (χ0v) is 15.6. The Morgan fingerprint density at radius 1 is 1.11 bits per heavy atom. The van der Waals surface area contributed by atoms with Gasteiger partial charge in [0.2, 0.25) is 0 Å². The summed E-state index contributed by atoms with van der Waals surface area (Å²) in [7, 11) is 0. The molecule has 0 bridgehead atoms. The Hall–Kier alpha value is -3.09. The van der Waals surface area contributed by atoms with Gasteiger partial charge in [0.25, 0.3) is 5.91 Å². The molecule has 144 valence electrons. The summed E-state index contributed by atoms with van der Waals surface area (Å²) in [6.07, 6.45) is 5.05. The highest BCUT2D eigenvalue weighted by molar-refractivity contribution is 5.91. The number of benzene rings is 2. The molecule has 4 rings (SSSR count). The second kappa shape index (κ2) is 8.29. The average molecular weight is 376 g/mol. The summed E-state index contributed by atoms with van der Waals surface area (Å²) in [6, 6.07) is 16.7. The van der Waals surface area contributed by atoms with E-state index in [0.29, 0.717) is 0 Å². The molecule has 0 unspecified atom stereocenters. The molecule has 2 heterocycles. The first-order chi connectivity index (χ1) is 13.7. The predicted octanol–water partition coefficient (Wildman–Crippen LogP) is 3.01. The van der Waals surface area contributed by atoms with Crippen LogP contribution >= 0.6 is 0 Å². The summed E-state index contributed by atoms with van der Waals surface area (Å²) < 4.78 is 0. The lowest BCUT2D eigenvalue weighted by Gasteiger charge is -2.36. The molecular weight excluding hydrogens is 352 g/mol. The number of nitrogens with one attached hydrogen (secondary N) is 2. The lowest BCUT2D eigenvalue weighted by atomic mass is 10.1. The number of aromatic amines is 1. The Balaban J connectivity index is 1.40. The van der Waals surface area contributed by atoms with Crippen LogP contribution in [0.4, 0.5) is 5.69 Å². The van der Waals surface area contributed by atoms with Crippen LogP contribution in [0.15, 0.2) is 60.8 Å². The maximum atomic E-state index is 11.3. The topological polar surface area (TPSA) is 71.6 Å². The van der Waals surface area contributed by atoms with Crippen molar-refractivity contribution < 1.29 is 10.0 Å². The minimum absolute atomic E-state index is 0.529. The van der Waals surface area contributed by atoms with Crippen LogP contribution in [0.5, 0.6) is 0 Å². The number of hydrogen-bond donors (Lipinski definition) is 3. The van der Waals surface area contributed by atoms with Crippen LogP contribution in [0, 0.1) is 0 Å². The highest BCUT2D eigenvalue weighted by Crippen LogP contribution is 2.24. The van der Waals surface area contributed by atoms with Gasteiger partial charge in [-0.05, 0) is 46.9 Å². The van der Waals surface area contributed by atoms with Crippen molar-refractivity contribution >= 4 is 28.6 Å². The Morgan fingerprint density at radius 3 is 2.75 bits per heavy atom. The molecule has 1 aliphatic heterocycles. The standard InChI is InChI=1S/C22H24N4O2/c27-22(24-28)8-6-18-3-1-2-4-21(18)26-13-11-25(12-14-26)16-17-5-7-20-19(15-17)9-10-23-20/h1-10,15,23,28H,11-14,16H2,(H,24,27). The van der Waals surface area contributed by atoms with Crippen molar-refractivity contribution in [2.24, 2.45) is 0 Å². The number of H-pyrrole nitrogens is 1. The van der Waals surface area contributed by atoms with E-state index in [0.717, 1.165) is 44.0 Å². The molecular formula is C22H24N4O2. The fraction of sp³-hybridized carbons (Fsp3) is 0.227. The van der Waals surface area contributed by atoms with Gasteiger partial charge in [0.1, 0.15) is 0 Å². The van der Waals surface area contributed by atoms with Crippen LogP contribution in [-0.4, -0.2) is 47.2 Å². The molecule has 6 heteroatoms. The molecule has 1 amide bonds. The van der Waals surface area contributed by atoms with E-state index in [2.05, 4.69) is 45.1 Å². The first-order valence-electron chi connectivity index (χ1n) is 9.47. The van der Waals surface area contributed by atoms with E-state index < -0.39 is 5.91 Å². The third-order valence-corrected chi connectivity index (χ3v) is 5.20. The quantitative estimate of drug-likeness (QED) is 0.364. The van der Waals surface area contributed by atoms with Gasteiger partial charge in [0, 0.05) is 56.2 Å². The third kappa shape index (κ3) is 4.08. The number of hydroxylamine groups is 1. The lowest BCUT2D eigenvalue weighted by Crippen LogP contribution is -2.46. The molecule has 3 aromatic rings. The Morgan fingerprint density at radius 2 is 1.93 bits per heavy atom. The maximum absolute atomic E-state index is 11.3. The molecule has 1 saturated heterocycles. The third-order valence-electron chi connectivity index (χ3n) is 5.20. The van der Waals surface area contributed by atoms with Crippen LogP contribution < -0.4 is 10.4 Å². The molecule has 0 saturated carbocycles. The number of aromatic nitrogens is 1. The van der Waals surface area contributed by atoms with Crippen molar-refractivity contribution in [2.75, 3.05) is 31.1 Å². The Bertz CT molecular complexity index is 987. The summed E-state index contributed by atoms with van der Waals surface area (Å²) in [5.41, 5.74) is 6.21. The van der Waals surface area contributed by atoms with Crippen LogP contribution in [0.25, 0.3) is 17.0 Å². The summed E-state index contributed by atoms with van der Waals surface area (Å²) in [6.45, 7) is 4.79. The van der Waals surface area contributed by atoms with Gasteiger partial charge in [-0.3, -0.25) is 14.9 Å². The number of piperazine rings is 1. The fourth-order valence-corrected chi connectivity index (χ4v) is 3.73. The van der Waals surface area contributed by atoms with Crippen molar-refractivity contribution in [3.63, 3.8) is 0 Å². The van der Waals surface area contributed by atoms with Gasteiger partial charge in [0.05, 0.1) is 0 Å². The lowest BCUT2D eigenvalue weighted by molar-refractivity contribution is -0.124. The van der Waals surface area contributed by atoms with Gasteiger partial charge in [-0.25, -0.2) is 5.48 Å². The zero-order valence-electron chi connectivity index (χ0n) is 15.6. The molecule has 0 radical (unpaired) electrons. The largest absolute Gasteiger partial charge is 0.368 e. The molecule has 1 aliphatic rings. The summed E-state index contributed by atoms with van der Waals surface area (Å²) in [5, 5.41) is 9.91. The number of hydrogen-bond acceptors (Lipinski definition) is 4. The molecule has 6 nitrogen and oxygen atoms in total. The van der Waals surface area contributed by atoms with E-state index in [4.69, 9.17) is 5.21 Å². The number of fused-ring (bicyclic) bond motifs is 1. The highest BCUT2D eigenvalue weighted by Gasteiger charge is 2.18. The van der Waals surface area contributed by atoms with Gasteiger partial charge in [0.15, 0.2) is 0 Å².